The molecule has 0 aliphatic heterocycles. The largest absolute Gasteiger partial charge is 0.224 e. The molecule has 0 N–H and O–H groups in total. The highest BCUT2D eigenvalue weighted by atomic mass is 35.5. The molecule has 0 radical (unpaired) electrons. The highest BCUT2D eigenvalue weighted by molar-refractivity contribution is 8.00. The van der Waals surface area contributed by atoms with E-state index in [0.717, 1.165) is 4.90 Å². The zero-order valence-corrected chi connectivity index (χ0v) is 12.5. The second-order valence-electron chi connectivity index (χ2n) is 3.91. The standard InChI is InChI=1S/C14H13ClO2S2/c15-13-8-4-5-9-14(13)18-10-11-19(16,17)12-6-2-1-3-7-12/h1-9H,10-11H2. The van der Waals surface area contributed by atoms with Crippen molar-refractivity contribution < 1.29 is 8.42 Å². The van der Waals surface area contributed by atoms with Crippen LogP contribution in [0.1, 0.15) is 0 Å². The minimum absolute atomic E-state index is 0.104. The lowest BCUT2D eigenvalue weighted by atomic mass is 10.4. The van der Waals surface area contributed by atoms with E-state index in [1.165, 1.54) is 11.8 Å². The second kappa shape index (κ2) is 6.46. The fourth-order valence-electron chi connectivity index (χ4n) is 1.57. The van der Waals surface area contributed by atoms with Crippen LogP contribution >= 0.6 is 23.4 Å². The van der Waals surface area contributed by atoms with E-state index >= 15 is 0 Å². The van der Waals surface area contributed by atoms with Crippen LogP contribution in [0.15, 0.2) is 64.4 Å². The fraction of sp³-hybridized carbons (Fsp3) is 0.143. The quantitative estimate of drug-likeness (QED) is 0.785. The zero-order valence-electron chi connectivity index (χ0n) is 10.1. The Morgan fingerprint density at radius 2 is 1.58 bits per heavy atom. The maximum absolute atomic E-state index is 12.1. The third-order valence-corrected chi connectivity index (χ3v) is 6.06. The van der Waals surface area contributed by atoms with Crippen LogP contribution in [0.5, 0.6) is 0 Å². The predicted octanol–water partition coefficient (Wildman–Crippen LogP) is 3.91. The number of benzene rings is 2. The Morgan fingerprint density at radius 1 is 0.947 bits per heavy atom. The van der Waals surface area contributed by atoms with E-state index in [4.69, 9.17) is 11.6 Å². The molecule has 0 atom stereocenters. The molecule has 2 nitrogen and oxygen atoms in total. The molecule has 0 bridgehead atoms. The average molecular weight is 313 g/mol. The van der Waals surface area contributed by atoms with Crippen LogP contribution in [-0.4, -0.2) is 19.9 Å². The van der Waals surface area contributed by atoms with Crippen molar-refractivity contribution >= 4 is 33.2 Å². The van der Waals surface area contributed by atoms with E-state index in [9.17, 15) is 8.42 Å². The number of hydrogen-bond donors (Lipinski definition) is 0. The van der Waals surface area contributed by atoms with Gasteiger partial charge in [-0.25, -0.2) is 8.42 Å². The van der Waals surface area contributed by atoms with Crippen molar-refractivity contribution in [3.63, 3.8) is 0 Å². The van der Waals surface area contributed by atoms with Gasteiger partial charge in [-0.1, -0.05) is 41.9 Å². The number of rotatable bonds is 5. The van der Waals surface area contributed by atoms with Gasteiger partial charge >= 0.3 is 0 Å². The Kier molecular flexibility index (Phi) is 4.91. The molecule has 19 heavy (non-hydrogen) atoms. The molecule has 2 rings (SSSR count). The van der Waals surface area contributed by atoms with E-state index in [-0.39, 0.29) is 5.75 Å². The molecule has 5 heteroatoms. The first-order valence-corrected chi connectivity index (χ1v) is 8.76. The number of hydrogen-bond acceptors (Lipinski definition) is 3. The maximum atomic E-state index is 12.1. The highest BCUT2D eigenvalue weighted by Crippen LogP contribution is 2.27. The van der Waals surface area contributed by atoms with Gasteiger partial charge in [0.05, 0.1) is 15.7 Å². The molecule has 2 aromatic carbocycles. The van der Waals surface area contributed by atoms with Gasteiger partial charge in [-0.2, -0.15) is 0 Å². The summed E-state index contributed by atoms with van der Waals surface area (Å²) in [6.07, 6.45) is 0. The fourth-order valence-corrected chi connectivity index (χ4v) is 4.49. The van der Waals surface area contributed by atoms with Crippen LogP contribution in [0.2, 0.25) is 5.02 Å². The van der Waals surface area contributed by atoms with Crippen LogP contribution < -0.4 is 0 Å². The molecular weight excluding hydrogens is 300 g/mol. The van der Waals surface area contributed by atoms with Gasteiger partial charge in [-0.3, -0.25) is 0 Å². The van der Waals surface area contributed by atoms with E-state index in [0.29, 0.717) is 15.7 Å². The first-order chi connectivity index (χ1) is 9.09. The van der Waals surface area contributed by atoms with Gasteiger partial charge in [0.2, 0.25) is 0 Å². The highest BCUT2D eigenvalue weighted by Gasteiger charge is 2.13. The first-order valence-electron chi connectivity index (χ1n) is 5.75. The zero-order chi connectivity index (χ0) is 13.7. The number of thioether (sulfide) groups is 1. The van der Waals surface area contributed by atoms with Crippen LogP contribution in [0, 0.1) is 0 Å². The third kappa shape index (κ3) is 4.00. The lowest BCUT2D eigenvalue weighted by Crippen LogP contribution is -2.08. The lowest BCUT2D eigenvalue weighted by Gasteiger charge is -2.05. The Balaban J connectivity index is 1.98. The summed E-state index contributed by atoms with van der Waals surface area (Å²) in [5, 5.41) is 0.657. The van der Waals surface area contributed by atoms with E-state index < -0.39 is 9.84 Å². The summed E-state index contributed by atoms with van der Waals surface area (Å²) in [7, 11) is -3.21. The summed E-state index contributed by atoms with van der Waals surface area (Å²) in [6.45, 7) is 0. The molecule has 0 aliphatic carbocycles. The third-order valence-electron chi connectivity index (χ3n) is 2.55. The smallest absolute Gasteiger partial charge is 0.179 e. The van der Waals surface area contributed by atoms with Crippen LogP contribution in [0.3, 0.4) is 0 Å². The summed E-state index contributed by atoms with van der Waals surface area (Å²) in [5.41, 5.74) is 0. The molecule has 0 saturated heterocycles. The molecule has 0 saturated carbocycles. The van der Waals surface area contributed by atoms with Crippen molar-refractivity contribution in [2.45, 2.75) is 9.79 Å². The van der Waals surface area contributed by atoms with Crippen LogP contribution in [0.4, 0.5) is 0 Å². The minimum Gasteiger partial charge on any atom is -0.224 e. The van der Waals surface area contributed by atoms with Crippen molar-refractivity contribution in [2.75, 3.05) is 11.5 Å². The predicted molar refractivity (Wildman–Crippen MR) is 80.7 cm³/mol. The van der Waals surface area contributed by atoms with Crippen molar-refractivity contribution in [3.05, 3.63) is 59.6 Å². The van der Waals surface area contributed by atoms with Gasteiger partial charge in [0, 0.05) is 10.6 Å². The topological polar surface area (TPSA) is 34.1 Å². The summed E-state index contributed by atoms with van der Waals surface area (Å²) in [4.78, 5) is 1.28. The van der Waals surface area contributed by atoms with Gasteiger partial charge in [0.1, 0.15) is 0 Å². The maximum Gasteiger partial charge on any atom is 0.179 e. The van der Waals surface area contributed by atoms with Gasteiger partial charge in [-0.05, 0) is 24.3 Å². The lowest BCUT2D eigenvalue weighted by molar-refractivity contribution is 0.597. The SMILES string of the molecule is O=S(=O)(CCSc1ccccc1Cl)c1ccccc1. The van der Waals surface area contributed by atoms with Crippen molar-refractivity contribution in [1.29, 1.82) is 0 Å². The number of halogens is 1. The molecule has 0 heterocycles. The normalized spacial score (nSPS) is 11.4. The van der Waals surface area contributed by atoms with Crippen molar-refractivity contribution in [1.82, 2.24) is 0 Å². The van der Waals surface area contributed by atoms with Gasteiger partial charge in [0.15, 0.2) is 9.84 Å². The minimum atomic E-state index is -3.21. The van der Waals surface area contributed by atoms with Crippen molar-refractivity contribution in [2.24, 2.45) is 0 Å². The Hall–Kier alpha value is -0.970. The van der Waals surface area contributed by atoms with Gasteiger partial charge in [-0.15, -0.1) is 11.8 Å². The summed E-state index contributed by atoms with van der Waals surface area (Å²) >= 11 is 7.48. The number of sulfone groups is 1. The molecule has 100 valence electrons. The summed E-state index contributed by atoms with van der Waals surface area (Å²) in [5.74, 6) is 0.591. The van der Waals surface area contributed by atoms with E-state index in [2.05, 4.69) is 0 Å². The van der Waals surface area contributed by atoms with Crippen LogP contribution in [-0.2, 0) is 9.84 Å². The second-order valence-corrected chi connectivity index (χ2v) is 7.56. The monoisotopic (exact) mass is 312 g/mol. The molecule has 0 aromatic heterocycles. The molecule has 0 amide bonds. The average Bonchev–Trinajstić information content (AvgIpc) is 2.42. The molecular formula is C14H13ClO2S2. The molecule has 0 fully saturated rings. The molecule has 2 aromatic rings. The summed E-state index contributed by atoms with van der Waals surface area (Å²) < 4.78 is 24.1. The van der Waals surface area contributed by atoms with Gasteiger partial charge < -0.3 is 0 Å². The summed E-state index contributed by atoms with van der Waals surface area (Å²) in [6, 6.07) is 15.9. The van der Waals surface area contributed by atoms with Crippen molar-refractivity contribution in [3.8, 4) is 0 Å². The molecule has 0 spiro atoms. The van der Waals surface area contributed by atoms with Crippen LogP contribution in [0.25, 0.3) is 0 Å². The van der Waals surface area contributed by atoms with Gasteiger partial charge in [0.25, 0.3) is 0 Å². The van der Waals surface area contributed by atoms with E-state index in [1.54, 1.807) is 36.4 Å². The first kappa shape index (κ1) is 14.4. The Morgan fingerprint density at radius 3 is 2.26 bits per heavy atom. The van der Waals surface area contributed by atoms with E-state index in [1.807, 2.05) is 18.2 Å². The molecule has 0 unspecified atom stereocenters. The Bertz CT molecular complexity index is 640. The molecule has 0 aliphatic rings. The Labute approximate surface area is 122 Å².